The number of hydrogen-bond acceptors (Lipinski definition) is 5. The van der Waals surface area contributed by atoms with Crippen molar-refractivity contribution in [2.75, 3.05) is 16.8 Å². The number of nitrogens with zero attached hydrogens (tertiary/aromatic N) is 2. The van der Waals surface area contributed by atoms with Crippen LogP contribution in [0.25, 0.3) is 0 Å². The number of rotatable bonds is 6. The summed E-state index contributed by atoms with van der Waals surface area (Å²) in [5.74, 6) is -0.266. The molecule has 0 radical (unpaired) electrons. The second-order valence-corrected chi connectivity index (χ2v) is 7.52. The van der Waals surface area contributed by atoms with Crippen LogP contribution >= 0.6 is 23.1 Å². The number of carbonyl (C=O) groups is 1. The predicted octanol–water partition coefficient (Wildman–Crippen LogP) is 4.97. The Hall–Kier alpha value is -2.26. The van der Waals surface area contributed by atoms with Gasteiger partial charge in [0.15, 0.2) is 5.13 Å². The minimum Gasteiger partial charge on any atom is -0.301 e. The Balaban J connectivity index is 2.16. The van der Waals surface area contributed by atoms with Crippen molar-refractivity contribution in [1.29, 1.82) is 5.26 Å². The molecule has 1 heterocycles. The number of anilines is 1. The second-order valence-electron chi connectivity index (χ2n) is 5.42. The highest BCUT2D eigenvalue weighted by molar-refractivity contribution is 8.00. The summed E-state index contributed by atoms with van der Waals surface area (Å²) in [6.45, 7) is 0. The van der Waals surface area contributed by atoms with Crippen LogP contribution in [-0.2, 0) is 23.6 Å². The Morgan fingerprint density at radius 1 is 1.14 bits per heavy atom. The lowest BCUT2D eigenvalue weighted by Gasteiger charge is -2.13. The van der Waals surface area contributed by atoms with Crippen molar-refractivity contribution in [3.63, 3.8) is 0 Å². The summed E-state index contributed by atoms with van der Waals surface area (Å²) in [7, 11) is 0. The maximum absolute atomic E-state index is 12.9. The van der Waals surface area contributed by atoms with Crippen LogP contribution in [0.1, 0.15) is 21.6 Å². The highest BCUT2D eigenvalue weighted by atomic mass is 32.2. The molecule has 0 fully saturated rings. The van der Waals surface area contributed by atoms with E-state index in [2.05, 4.69) is 10.3 Å². The summed E-state index contributed by atoms with van der Waals surface area (Å²) >= 11 is 2.03. The number of thioether (sulfide) groups is 1. The lowest BCUT2D eigenvalue weighted by Crippen LogP contribution is -2.13. The summed E-state index contributed by atoms with van der Waals surface area (Å²) < 4.78 is 77.4. The van der Waals surface area contributed by atoms with Crippen molar-refractivity contribution in [2.45, 2.75) is 18.8 Å². The fourth-order valence-electron chi connectivity index (χ4n) is 2.11. The molecule has 0 unspecified atom stereocenters. The van der Waals surface area contributed by atoms with Gasteiger partial charge in [0.25, 0.3) is 0 Å². The molecule has 0 saturated heterocycles. The maximum Gasteiger partial charge on any atom is 0.416 e. The van der Waals surface area contributed by atoms with Crippen LogP contribution in [0.4, 0.5) is 31.5 Å². The third-order valence-corrected chi connectivity index (χ3v) is 4.94. The number of thiazole rings is 1. The van der Waals surface area contributed by atoms with Crippen LogP contribution < -0.4 is 5.32 Å². The molecule has 2 rings (SSSR count). The summed E-state index contributed by atoms with van der Waals surface area (Å²) in [5, 5.41) is 11.0. The minimum atomic E-state index is -4.91. The van der Waals surface area contributed by atoms with E-state index < -0.39 is 29.4 Å². The van der Waals surface area contributed by atoms with Crippen molar-refractivity contribution in [3.8, 4) is 6.07 Å². The van der Waals surface area contributed by atoms with Gasteiger partial charge in [0.1, 0.15) is 0 Å². The van der Waals surface area contributed by atoms with Gasteiger partial charge in [-0.15, -0.1) is 23.1 Å². The average molecular weight is 439 g/mol. The summed E-state index contributed by atoms with van der Waals surface area (Å²) in [6.07, 6.45) is -8.76. The Morgan fingerprint density at radius 3 is 2.29 bits per heavy atom. The number of carbonyl (C=O) groups excluding carboxylic acids is 1. The molecule has 2 aromatic rings. The normalized spacial score (nSPS) is 11.9. The number of amides is 1. The molecular weight excluding hydrogens is 428 g/mol. The van der Waals surface area contributed by atoms with E-state index in [4.69, 9.17) is 5.26 Å². The first-order valence-electron chi connectivity index (χ1n) is 7.46. The van der Waals surface area contributed by atoms with Crippen LogP contribution in [0.2, 0.25) is 0 Å². The Bertz CT molecular complexity index is 853. The lowest BCUT2D eigenvalue weighted by molar-refractivity contribution is -0.143. The topological polar surface area (TPSA) is 65.8 Å². The van der Waals surface area contributed by atoms with Gasteiger partial charge in [0.05, 0.1) is 28.7 Å². The molecule has 0 atom stereocenters. The van der Waals surface area contributed by atoms with Crippen LogP contribution in [0.3, 0.4) is 0 Å². The van der Waals surface area contributed by atoms with Gasteiger partial charge in [-0.1, -0.05) is 0 Å². The third kappa shape index (κ3) is 6.42. The molecule has 0 saturated carbocycles. The van der Waals surface area contributed by atoms with Gasteiger partial charge >= 0.3 is 12.4 Å². The largest absolute Gasteiger partial charge is 0.416 e. The summed E-state index contributed by atoms with van der Waals surface area (Å²) in [4.78, 5) is 15.9. The first-order chi connectivity index (χ1) is 13.0. The van der Waals surface area contributed by atoms with Crippen molar-refractivity contribution < 1.29 is 31.1 Å². The monoisotopic (exact) mass is 439 g/mol. The first kappa shape index (κ1) is 22.0. The van der Waals surface area contributed by atoms with Gasteiger partial charge in [0.2, 0.25) is 5.91 Å². The Labute approximate surface area is 163 Å². The van der Waals surface area contributed by atoms with E-state index in [0.717, 1.165) is 23.1 Å². The number of benzene rings is 1. The standard InChI is InChI=1S/C16H11F6N3OS2/c17-15(18,19)10-3-9(4-11(6-10)16(20,21)22)5-12-7-24-14(28-12)25-13(26)8-27-2-1-23/h3-4,6-7H,2,5,8H2,(H,24,25,26). The molecule has 0 spiro atoms. The SMILES string of the molecule is N#CCSCC(=O)Nc1ncc(Cc2cc(C(F)(F)F)cc(C(F)(F)F)c2)s1. The highest BCUT2D eigenvalue weighted by Crippen LogP contribution is 2.37. The quantitative estimate of drug-likeness (QED) is 0.510. The fraction of sp³-hybridized carbons (Fsp3) is 0.312. The summed E-state index contributed by atoms with van der Waals surface area (Å²) in [5.41, 5.74) is -2.94. The molecule has 1 amide bonds. The molecule has 0 aliphatic rings. The van der Waals surface area contributed by atoms with Crippen molar-refractivity contribution in [2.24, 2.45) is 0 Å². The van der Waals surface area contributed by atoms with Crippen LogP contribution in [0.5, 0.6) is 0 Å². The number of aromatic nitrogens is 1. The number of nitrogens with one attached hydrogen (secondary N) is 1. The van der Waals surface area contributed by atoms with E-state index in [1.54, 1.807) is 0 Å². The van der Waals surface area contributed by atoms with Crippen LogP contribution in [-0.4, -0.2) is 22.4 Å². The van der Waals surface area contributed by atoms with Gasteiger partial charge in [-0.25, -0.2) is 4.98 Å². The van der Waals surface area contributed by atoms with Gasteiger partial charge < -0.3 is 5.32 Å². The summed E-state index contributed by atoms with van der Waals surface area (Å²) in [6, 6.07) is 3.25. The van der Waals surface area contributed by atoms with Crippen molar-refractivity contribution in [1.82, 2.24) is 4.98 Å². The van der Waals surface area contributed by atoms with Crippen LogP contribution in [0, 0.1) is 11.3 Å². The number of hydrogen-bond donors (Lipinski definition) is 1. The van der Waals surface area contributed by atoms with Gasteiger partial charge in [-0.3, -0.25) is 4.79 Å². The maximum atomic E-state index is 12.9. The number of nitriles is 1. The average Bonchev–Trinajstić information content (AvgIpc) is 3.00. The predicted molar refractivity (Wildman–Crippen MR) is 92.9 cm³/mol. The highest BCUT2D eigenvalue weighted by Gasteiger charge is 2.36. The van der Waals surface area contributed by atoms with E-state index in [0.29, 0.717) is 17.0 Å². The molecule has 12 heteroatoms. The number of alkyl halides is 6. The molecule has 0 aliphatic carbocycles. The van der Waals surface area contributed by atoms with E-state index in [-0.39, 0.29) is 34.7 Å². The fourth-order valence-corrected chi connectivity index (χ4v) is 3.43. The third-order valence-electron chi connectivity index (χ3n) is 3.23. The van der Waals surface area contributed by atoms with E-state index >= 15 is 0 Å². The Morgan fingerprint density at radius 2 is 1.75 bits per heavy atom. The van der Waals surface area contributed by atoms with E-state index in [1.165, 1.54) is 6.20 Å². The minimum absolute atomic E-state index is 0.0189. The van der Waals surface area contributed by atoms with E-state index in [1.807, 2.05) is 6.07 Å². The van der Waals surface area contributed by atoms with Gasteiger partial charge in [0, 0.05) is 17.5 Å². The van der Waals surface area contributed by atoms with Crippen molar-refractivity contribution >= 4 is 34.1 Å². The van der Waals surface area contributed by atoms with Crippen LogP contribution in [0.15, 0.2) is 24.4 Å². The molecule has 0 aliphatic heterocycles. The molecule has 1 aromatic carbocycles. The van der Waals surface area contributed by atoms with Crippen molar-refractivity contribution in [3.05, 3.63) is 46.0 Å². The smallest absolute Gasteiger partial charge is 0.301 e. The number of halogens is 6. The first-order valence-corrected chi connectivity index (χ1v) is 9.44. The molecule has 0 bridgehead atoms. The molecule has 28 heavy (non-hydrogen) atoms. The zero-order chi connectivity index (χ0) is 20.9. The zero-order valence-electron chi connectivity index (χ0n) is 13.8. The zero-order valence-corrected chi connectivity index (χ0v) is 15.5. The Kier molecular flexibility index (Phi) is 6.95. The van der Waals surface area contributed by atoms with Gasteiger partial charge in [-0.2, -0.15) is 31.6 Å². The van der Waals surface area contributed by atoms with Gasteiger partial charge in [-0.05, 0) is 23.8 Å². The lowest BCUT2D eigenvalue weighted by atomic mass is 10.0. The molecule has 4 nitrogen and oxygen atoms in total. The molecule has 1 N–H and O–H groups in total. The molecular formula is C16H11F6N3OS2. The second kappa shape index (κ2) is 8.83. The van der Waals surface area contributed by atoms with E-state index in [9.17, 15) is 31.1 Å². The molecule has 1 aromatic heterocycles. The molecule has 150 valence electrons.